The largest absolute Gasteiger partial charge is 0.392 e. The second-order valence-electron chi connectivity index (χ2n) is 4.28. The molecule has 3 heteroatoms. The van der Waals surface area contributed by atoms with Crippen LogP contribution in [0, 0.1) is 12.7 Å². The van der Waals surface area contributed by atoms with Crippen molar-refractivity contribution in [3.63, 3.8) is 0 Å². The number of hydrogen-bond donors (Lipinski definition) is 2. The fourth-order valence-electron chi connectivity index (χ4n) is 2.00. The maximum absolute atomic E-state index is 13.3. The smallest absolute Gasteiger partial charge is 0.126 e. The highest BCUT2D eigenvalue weighted by Gasteiger charge is 2.21. The topological polar surface area (TPSA) is 32.3 Å². The molecule has 1 fully saturated rings. The quantitative estimate of drug-likeness (QED) is 0.771. The second-order valence-corrected chi connectivity index (χ2v) is 4.28. The predicted molar refractivity (Wildman–Crippen MR) is 57.3 cm³/mol. The molecule has 1 heterocycles. The van der Waals surface area contributed by atoms with E-state index in [-0.39, 0.29) is 18.0 Å². The van der Waals surface area contributed by atoms with E-state index in [4.69, 9.17) is 0 Å². The molecule has 0 radical (unpaired) electrons. The van der Waals surface area contributed by atoms with Crippen molar-refractivity contribution in [2.75, 3.05) is 6.54 Å². The molecule has 1 saturated heterocycles. The normalized spacial score (nSPS) is 25.8. The van der Waals surface area contributed by atoms with Crippen LogP contribution in [0.25, 0.3) is 0 Å². The minimum Gasteiger partial charge on any atom is -0.392 e. The summed E-state index contributed by atoms with van der Waals surface area (Å²) < 4.78 is 13.3. The Balaban J connectivity index is 2.02. The third-order valence-corrected chi connectivity index (χ3v) is 2.92. The monoisotopic (exact) mass is 209 g/mol. The summed E-state index contributed by atoms with van der Waals surface area (Å²) in [6.07, 6.45) is 1.30. The number of aryl methyl sites for hydroxylation is 1. The number of aliphatic hydroxyl groups excluding tert-OH is 1. The van der Waals surface area contributed by atoms with Crippen LogP contribution in [0.4, 0.5) is 4.39 Å². The summed E-state index contributed by atoms with van der Waals surface area (Å²) in [6, 6.07) is 5.62. The first-order chi connectivity index (χ1) is 7.15. The van der Waals surface area contributed by atoms with Gasteiger partial charge in [0.15, 0.2) is 0 Å². The third-order valence-electron chi connectivity index (χ3n) is 2.92. The summed E-state index contributed by atoms with van der Waals surface area (Å²) in [5, 5.41) is 12.6. The highest BCUT2D eigenvalue weighted by Crippen LogP contribution is 2.15. The van der Waals surface area contributed by atoms with E-state index >= 15 is 0 Å². The third kappa shape index (κ3) is 2.55. The minimum atomic E-state index is -0.245. The number of hydrogen-bond acceptors (Lipinski definition) is 2. The standard InChI is InChI=1S/C12H16FNO/c1-8-2-3-9(5-12(8)13)4-10-6-11(15)7-14-10/h2-3,5,10-11,14-15H,4,6-7H2,1H3/t10-,11-/m1/s1. The fraction of sp³-hybridized carbons (Fsp3) is 0.500. The second kappa shape index (κ2) is 4.29. The van der Waals surface area contributed by atoms with Crippen LogP contribution in [0.1, 0.15) is 17.5 Å². The van der Waals surface area contributed by atoms with E-state index in [1.807, 2.05) is 6.07 Å². The van der Waals surface area contributed by atoms with Crippen molar-refractivity contribution in [2.24, 2.45) is 0 Å². The lowest BCUT2D eigenvalue weighted by Crippen LogP contribution is -2.23. The molecule has 0 unspecified atom stereocenters. The molecule has 2 N–H and O–H groups in total. The van der Waals surface area contributed by atoms with E-state index in [2.05, 4.69) is 5.32 Å². The van der Waals surface area contributed by atoms with E-state index in [1.54, 1.807) is 19.1 Å². The zero-order valence-electron chi connectivity index (χ0n) is 8.83. The average molecular weight is 209 g/mol. The van der Waals surface area contributed by atoms with Crippen LogP contribution < -0.4 is 5.32 Å². The molecular formula is C12H16FNO. The summed E-state index contributed by atoms with van der Waals surface area (Å²) in [5.74, 6) is -0.147. The fourth-order valence-corrected chi connectivity index (χ4v) is 2.00. The van der Waals surface area contributed by atoms with E-state index in [9.17, 15) is 9.50 Å². The lowest BCUT2D eigenvalue weighted by atomic mass is 10.0. The molecule has 1 aliphatic rings. The Morgan fingerprint density at radius 1 is 1.53 bits per heavy atom. The molecule has 0 amide bonds. The van der Waals surface area contributed by atoms with Crippen LogP contribution in [0.3, 0.4) is 0 Å². The average Bonchev–Trinajstić information content (AvgIpc) is 2.58. The molecular weight excluding hydrogens is 193 g/mol. The molecule has 1 aliphatic heterocycles. The van der Waals surface area contributed by atoms with Crippen LogP contribution in [0.15, 0.2) is 18.2 Å². The molecule has 1 aromatic rings. The first kappa shape index (κ1) is 10.6. The molecule has 0 aliphatic carbocycles. The van der Waals surface area contributed by atoms with Crippen molar-refractivity contribution in [1.82, 2.24) is 5.32 Å². The molecule has 0 saturated carbocycles. The van der Waals surface area contributed by atoms with Gasteiger partial charge in [-0.25, -0.2) is 4.39 Å². The van der Waals surface area contributed by atoms with Gasteiger partial charge in [0, 0.05) is 12.6 Å². The van der Waals surface area contributed by atoms with Crippen molar-refractivity contribution in [2.45, 2.75) is 31.9 Å². The molecule has 0 aromatic heterocycles. The van der Waals surface area contributed by atoms with Gasteiger partial charge >= 0.3 is 0 Å². The lowest BCUT2D eigenvalue weighted by molar-refractivity contribution is 0.193. The Hall–Kier alpha value is -0.930. The predicted octanol–water partition coefficient (Wildman–Crippen LogP) is 1.40. The number of halogens is 1. The number of benzene rings is 1. The summed E-state index contributed by atoms with van der Waals surface area (Å²) >= 11 is 0. The Bertz CT molecular complexity index is 353. The summed E-state index contributed by atoms with van der Waals surface area (Å²) in [7, 11) is 0. The Morgan fingerprint density at radius 2 is 2.33 bits per heavy atom. The van der Waals surface area contributed by atoms with Crippen LogP contribution in [0.2, 0.25) is 0 Å². The first-order valence-electron chi connectivity index (χ1n) is 5.31. The van der Waals surface area contributed by atoms with Gasteiger partial charge in [0.2, 0.25) is 0 Å². The van der Waals surface area contributed by atoms with E-state index in [0.29, 0.717) is 12.1 Å². The highest BCUT2D eigenvalue weighted by molar-refractivity contribution is 5.24. The van der Waals surface area contributed by atoms with Gasteiger partial charge in [-0.15, -0.1) is 0 Å². The Labute approximate surface area is 89.1 Å². The number of aliphatic hydroxyl groups is 1. The Kier molecular flexibility index (Phi) is 3.03. The van der Waals surface area contributed by atoms with E-state index in [0.717, 1.165) is 18.4 Å². The Morgan fingerprint density at radius 3 is 2.93 bits per heavy atom. The maximum atomic E-state index is 13.3. The van der Waals surface area contributed by atoms with Crippen LogP contribution in [0.5, 0.6) is 0 Å². The molecule has 2 nitrogen and oxygen atoms in total. The van der Waals surface area contributed by atoms with Gasteiger partial charge in [-0.1, -0.05) is 12.1 Å². The van der Waals surface area contributed by atoms with Crippen molar-refractivity contribution < 1.29 is 9.50 Å². The number of rotatable bonds is 2. The van der Waals surface area contributed by atoms with Crippen LogP contribution in [-0.2, 0) is 6.42 Å². The molecule has 0 bridgehead atoms. The van der Waals surface area contributed by atoms with Gasteiger partial charge < -0.3 is 10.4 Å². The summed E-state index contributed by atoms with van der Waals surface area (Å²) in [4.78, 5) is 0. The molecule has 1 aromatic carbocycles. The summed E-state index contributed by atoms with van der Waals surface area (Å²) in [5.41, 5.74) is 1.67. The highest BCUT2D eigenvalue weighted by atomic mass is 19.1. The number of β-amino-alcohol motifs (C(OH)–C–C–N with tert-alkyl or cyclic N) is 1. The van der Waals surface area contributed by atoms with E-state index < -0.39 is 0 Å². The molecule has 0 spiro atoms. The van der Waals surface area contributed by atoms with Crippen molar-refractivity contribution in [1.29, 1.82) is 0 Å². The van der Waals surface area contributed by atoms with Crippen LogP contribution in [-0.4, -0.2) is 23.8 Å². The SMILES string of the molecule is Cc1ccc(C[C@@H]2C[C@@H](O)CN2)cc1F. The van der Waals surface area contributed by atoms with Gasteiger partial charge in [-0.05, 0) is 37.0 Å². The molecule has 82 valence electrons. The van der Waals surface area contributed by atoms with Gasteiger partial charge in [0.25, 0.3) is 0 Å². The lowest BCUT2D eigenvalue weighted by Gasteiger charge is -2.10. The van der Waals surface area contributed by atoms with Crippen molar-refractivity contribution in [3.05, 3.63) is 35.1 Å². The van der Waals surface area contributed by atoms with Crippen molar-refractivity contribution >= 4 is 0 Å². The van der Waals surface area contributed by atoms with Crippen LogP contribution >= 0.6 is 0 Å². The van der Waals surface area contributed by atoms with E-state index in [1.165, 1.54) is 0 Å². The molecule has 15 heavy (non-hydrogen) atoms. The first-order valence-corrected chi connectivity index (χ1v) is 5.31. The van der Waals surface area contributed by atoms with Crippen molar-refractivity contribution in [3.8, 4) is 0 Å². The number of nitrogens with one attached hydrogen (secondary N) is 1. The molecule has 2 atom stereocenters. The zero-order valence-corrected chi connectivity index (χ0v) is 8.83. The summed E-state index contributed by atoms with van der Waals surface area (Å²) in [6.45, 7) is 2.41. The minimum absolute atomic E-state index is 0.147. The van der Waals surface area contributed by atoms with Gasteiger partial charge in [0.1, 0.15) is 5.82 Å². The maximum Gasteiger partial charge on any atom is 0.126 e. The zero-order chi connectivity index (χ0) is 10.8. The van der Waals surface area contributed by atoms with Gasteiger partial charge in [0.05, 0.1) is 6.10 Å². The van der Waals surface area contributed by atoms with Gasteiger partial charge in [-0.2, -0.15) is 0 Å². The van der Waals surface area contributed by atoms with Gasteiger partial charge in [-0.3, -0.25) is 0 Å². The molecule has 2 rings (SSSR count).